The van der Waals surface area contributed by atoms with Gasteiger partial charge in [-0.1, -0.05) is 24.3 Å². The smallest absolute Gasteiger partial charge is 0.246 e. The standard InChI is InChI=1S/C17H24N2O3.ClH/c20-17(12-22-14-6-9-21-10-7-14)19-11-16-15-4-2-1-3-13(15)5-8-18-16;/h1-4,14,16,18H,5-12H2,(H,19,20);1H. The zero-order valence-electron chi connectivity index (χ0n) is 13.3. The fraction of sp³-hybridized carbons (Fsp3) is 0.588. The van der Waals surface area contributed by atoms with Crippen molar-refractivity contribution in [2.75, 3.05) is 32.9 Å². The highest BCUT2D eigenvalue weighted by Gasteiger charge is 2.20. The zero-order chi connectivity index (χ0) is 15.2. The van der Waals surface area contributed by atoms with Crippen LogP contribution in [0, 0.1) is 0 Å². The first-order valence-electron chi connectivity index (χ1n) is 8.10. The Bertz CT molecular complexity index is 506. The van der Waals surface area contributed by atoms with Gasteiger partial charge >= 0.3 is 0 Å². The van der Waals surface area contributed by atoms with E-state index in [1.807, 2.05) is 0 Å². The quantitative estimate of drug-likeness (QED) is 0.855. The maximum absolute atomic E-state index is 11.9. The third kappa shape index (κ3) is 5.18. The molecule has 6 heteroatoms. The van der Waals surface area contributed by atoms with Gasteiger partial charge in [0.05, 0.1) is 6.10 Å². The molecule has 1 unspecified atom stereocenters. The molecule has 2 aliphatic rings. The van der Waals surface area contributed by atoms with Crippen molar-refractivity contribution in [2.24, 2.45) is 0 Å². The summed E-state index contributed by atoms with van der Waals surface area (Å²) in [5, 5.41) is 6.44. The monoisotopic (exact) mass is 340 g/mol. The summed E-state index contributed by atoms with van der Waals surface area (Å²) in [5.41, 5.74) is 2.67. The molecular weight excluding hydrogens is 316 g/mol. The average Bonchev–Trinajstić information content (AvgIpc) is 2.59. The van der Waals surface area contributed by atoms with E-state index in [-0.39, 0.29) is 37.1 Å². The lowest BCUT2D eigenvalue weighted by molar-refractivity contribution is -0.130. The van der Waals surface area contributed by atoms with Crippen molar-refractivity contribution in [2.45, 2.75) is 31.4 Å². The molecule has 3 rings (SSSR count). The lowest BCUT2D eigenvalue weighted by Gasteiger charge is -2.27. The van der Waals surface area contributed by atoms with Gasteiger partial charge in [0.25, 0.3) is 0 Å². The number of hydrogen-bond acceptors (Lipinski definition) is 4. The summed E-state index contributed by atoms with van der Waals surface area (Å²) in [6.45, 7) is 3.16. The third-order valence-electron chi connectivity index (χ3n) is 4.34. The Kier molecular flexibility index (Phi) is 7.30. The van der Waals surface area contributed by atoms with Gasteiger partial charge in [-0.05, 0) is 36.9 Å². The molecule has 2 aliphatic heterocycles. The van der Waals surface area contributed by atoms with Crippen LogP contribution in [0.2, 0.25) is 0 Å². The molecule has 0 aliphatic carbocycles. The summed E-state index contributed by atoms with van der Waals surface area (Å²) in [6, 6.07) is 8.61. The molecule has 1 aromatic rings. The van der Waals surface area contributed by atoms with Gasteiger partial charge in [-0.2, -0.15) is 0 Å². The molecule has 2 heterocycles. The molecule has 5 nitrogen and oxygen atoms in total. The van der Waals surface area contributed by atoms with Crippen LogP contribution >= 0.6 is 12.4 Å². The Morgan fingerprint density at radius 3 is 2.91 bits per heavy atom. The van der Waals surface area contributed by atoms with E-state index in [1.165, 1.54) is 11.1 Å². The number of nitrogens with one attached hydrogen (secondary N) is 2. The Hall–Kier alpha value is -1.14. The second-order valence-electron chi connectivity index (χ2n) is 5.88. The molecule has 2 N–H and O–H groups in total. The maximum atomic E-state index is 11.9. The lowest BCUT2D eigenvalue weighted by atomic mass is 9.94. The second kappa shape index (κ2) is 9.23. The molecule has 1 saturated heterocycles. The van der Waals surface area contributed by atoms with E-state index in [9.17, 15) is 4.79 Å². The minimum atomic E-state index is -0.0450. The first-order valence-corrected chi connectivity index (χ1v) is 8.10. The van der Waals surface area contributed by atoms with Crippen molar-refractivity contribution in [1.29, 1.82) is 0 Å². The van der Waals surface area contributed by atoms with Crippen molar-refractivity contribution in [3.8, 4) is 0 Å². The molecule has 23 heavy (non-hydrogen) atoms. The Morgan fingerprint density at radius 2 is 2.09 bits per heavy atom. The van der Waals surface area contributed by atoms with Crippen LogP contribution in [-0.4, -0.2) is 44.9 Å². The highest BCUT2D eigenvalue weighted by molar-refractivity contribution is 5.85. The normalized spacial score (nSPS) is 21.1. The number of halogens is 1. The van der Waals surface area contributed by atoms with E-state index < -0.39 is 0 Å². The number of benzene rings is 1. The van der Waals surface area contributed by atoms with Gasteiger partial charge in [0.15, 0.2) is 0 Å². The first kappa shape index (κ1) is 18.2. The van der Waals surface area contributed by atoms with Crippen LogP contribution in [0.1, 0.15) is 30.0 Å². The van der Waals surface area contributed by atoms with E-state index in [0.717, 1.165) is 39.0 Å². The van der Waals surface area contributed by atoms with Gasteiger partial charge in [0.1, 0.15) is 6.61 Å². The van der Waals surface area contributed by atoms with Crippen LogP contribution in [0.4, 0.5) is 0 Å². The van der Waals surface area contributed by atoms with Gasteiger partial charge in [-0.3, -0.25) is 4.79 Å². The predicted octanol–water partition coefficient (Wildman–Crippen LogP) is 1.61. The van der Waals surface area contributed by atoms with Crippen molar-refractivity contribution >= 4 is 18.3 Å². The lowest BCUT2D eigenvalue weighted by Crippen LogP contribution is -2.40. The van der Waals surface area contributed by atoms with Gasteiger partial charge < -0.3 is 20.1 Å². The Balaban J connectivity index is 0.00000192. The fourth-order valence-corrected chi connectivity index (χ4v) is 3.08. The summed E-state index contributed by atoms with van der Waals surface area (Å²) < 4.78 is 10.9. The summed E-state index contributed by atoms with van der Waals surface area (Å²) in [6.07, 6.45) is 2.97. The van der Waals surface area contributed by atoms with Gasteiger partial charge in [0.2, 0.25) is 5.91 Å². The number of carbonyl (C=O) groups excluding carboxylic acids is 1. The number of rotatable bonds is 5. The molecule has 1 atom stereocenters. The molecule has 0 radical (unpaired) electrons. The number of carbonyl (C=O) groups is 1. The molecular formula is C17H25ClN2O3. The van der Waals surface area contributed by atoms with Crippen LogP contribution in [0.3, 0.4) is 0 Å². The van der Waals surface area contributed by atoms with Crippen molar-refractivity contribution in [3.63, 3.8) is 0 Å². The molecule has 128 valence electrons. The minimum absolute atomic E-state index is 0. The highest BCUT2D eigenvalue weighted by atomic mass is 35.5. The van der Waals surface area contributed by atoms with E-state index in [2.05, 4.69) is 34.9 Å². The summed E-state index contributed by atoms with van der Waals surface area (Å²) >= 11 is 0. The number of amides is 1. The minimum Gasteiger partial charge on any atom is -0.381 e. The second-order valence-corrected chi connectivity index (χ2v) is 5.88. The molecule has 1 aromatic carbocycles. The maximum Gasteiger partial charge on any atom is 0.246 e. The largest absolute Gasteiger partial charge is 0.381 e. The number of ether oxygens (including phenoxy) is 2. The SMILES string of the molecule is Cl.O=C(COC1CCOCC1)NCC1NCCc2ccccc21. The molecule has 0 aromatic heterocycles. The van der Waals surface area contributed by atoms with Crippen molar-refractivity contribution in [1.82, 2.24) is 10.6 Å². The molecule has 1 fully saturated rings. The van der Waals surface area contributed by atoms with Gasteiger partial charge in [-0.15, -0.1) is 12.4 Å². The van der Waals surface area contributed by atoms with Crippen LogP contribution in [0.15, 0.2) is 24.3 Å². The fourth-order valence-electron chi connectivity index (χ4n) is 3.08. The van der Waals surface area contributed by atoms with Crippen LogP contribution < -0.4 is 10.6 Å². The topological polar surface area (TPSA) is 59.6 Å². The van der Waals surface area contributed by atoms with Crippen molar-refractivity contribution in [3.05, 3.63) is 35.4 Å². The zero-order valence-corrected chi connectivity index (χ0v) is 14.1. The van der Waals surface area contributed by atoms with Crippen LogP contribution in [0.5, 0.6) is 0 Å². The van der Waals surface area contributed by atoms with Crippen LogP contribution in [-0.2, 0) is 20.7 Å². The van der Waals surface area contributed by atoms with Crippen LogP contribution in [0.25, 0.3) is 0 Å². The third-order valence-corrected chi connectivity index (χ3v) is 4.34. The molecule has 1 amide bonds. The number of hydrogen-bond donors (Lipinski definition) is 2. The van der Waals surface area contributed by atoms with E-state index in [0.29, 0.717) is 6.54 Å². The average molecular weight is 341 g/mol. The first-order chi connectivity index (χ1) is 10.8. The Labute approximate surface area is 143 Å². The van der Waals surface area contributed by atoms with Gasteiger partial charge in [-0.25, -0.2) is 0 Å². The summed E-state index contributed by atoms with van der Waals surface area (Å²) in [4.78, 5) is 11.9. The highest BCUT2D eigenvalue weighted by Crippen LogP contribution is 2.21. The molecule has 0 saturated carbocycles. The molecule has 0 spiro atoms. The Morgan fingerprint density at radius 1 is 1.30 bits per heavy atom. The number of fused-ring (bicyclic) bond motifs is 1. The predicted molar refractivity (Wildman–Crippen MR) is 90.9 cm³/mol. The summed E-state index contributed by atoms with van der Waals surface area (Å²) in [5.74, 6) is -0.0450. The molecule has 0 bridgehead atoms. The van der Waals surface area contributed by atoms with E-state index >= 15 is 0 Å². The van der Waals surface area contributed by atoms with Gasteiger partial charge in [0, 0.05) is 25.8 Å². The van der Waals surface area contributed by atoms with Crippen molar-refractivity contribution < 1.29 is 14.3 Å². The van der Waals surface area contributed by atoms with E-state index in [4.69, 9.17) is 9.47 Å². The summed E-state index contributed by atoms with van der Waals surface area (Å²) in [7, 11) is 0. The van der Waals surface area contributed by atoms with E-state index in [1.54, 1.807) is 0 Å².